The predicted molar refractivity (Wildman–Crippen MR) is 65.9 cm³/mol. The van der Waals surface area contributed by atoms with Gasteiger partial charge in [0.2, 0.25) is 0 Å². The minimum atomic E-state index is -0.525. The van der Waals surface area contributed by atoms with Crippen LogP contribution < -0.4 is 0 Å². The summed E-state index contributed by atoms with van der Waals surface area (Å²) in [5.41, 5.74) is 1.02. The van der Waals surface area contributed by atoms with Crippen molar-refractivity contribution >= 4 is 33.3 Å². The molecule has 0 amide bonds. The van der Waals surface area contributed by atoms with Crippen molar-refractivity contribution in [2.24, 2.45) is 0 Å². The van der Waals surface area contributed by atoms with Crippen molar-refractivity contribution in [1.29, 1.82) is 0 Å². The van der Waals surface area contributed by atoms with E-state index in [4.69, 9.17) is 16.0 Å². The molecule has 0 bridgehead atoms. The molecule has 0 aliphatic rings. The van der Waals surface area contributed by atoms with Gasteiger partial charge in [-0.25, -0.2) is 4.39 Å². The molecule has 1 heterocycles. The zero-order valence-electron chi connectivity index (χ0n) is 8.54. The van der Waals surface area contributed by atoms with E-state index in [1.165, 1.54) is 18.4 Å². The van der Waals surface area contributed by atoms with Crippen molar-refractivity contribution in [3.8, 4) is 0 Å². The van der Waals surface area contributed by atoms with E-state index in [-0.39, 0.29) is 17.2 Å². The first kappa shape index (κ1) is 12.3. The highest BCUT2D eigenvalue weighted by Crippen LogP contribution is 2.21. The lowest BCUT2D eigenvalue weighted by atomic mass is 10.1. The van der Waals surface area contributed by atoms with E-state index in [0.717, 1.165) is 0 Å². The molecule has 0 spiro atoms. The minimum absolute atomic E-state index is 0.0469. The maximum atomic E-state index is 13.2. The van der Waals surface area contributed by atoms with E-state index in [1.54, 1.807) is 12.1 Å². The van der Waals surface area contributed by atoms with Crippen LogP contribution in [0.5, 0.6) is 0 Å². The molecule has 0 aliphatic carbocycles. The van der Waals surface area contributed by atoms with Crippen molar-refractivity contribution in [3.63, 3.8) is 0 Å². The van der Waals surface area contributed by atoms with Gasteiger partial charge in [-0.3, -0.25) is 4.79 Å². The third-order valence-corrected chi connectivity index (χ3v) is 3.19. The third-order valence-electron chi connectivity index (χ3n) is 2.27. The van der Waals surface area contributed by atoms with E-state index < -0.39 is 5.82 Å². The summed E-state index contributed by atoms with van der Waals surface area (Å²) in [5.74, 6) is -0.671. The van der Waals surface area contributed by atoms with Gasteiger partial charge in [-0.2, -0.15) is 0 Å². The van der Waals surface area contributed by atoms with Crippen LogP contribution in [-0.2, 0) is 6.42 Å². The molecule has 2 aromatic rings. The van der Waals surface area contributed by atoms with Crippen LogP contribution in [0.3, 0.4) is 0 Å². The van der Waals surface area contributed by atoms with Gasteiger partial charge in [-0.1, -0.05) is 17.7 Å². The van der Waals surface area contributed by atoms with Crippen LogP contribution in [0.15, 0.2) is 39.6 Å². The molecule has 88 valence electrons. The lowest BCUT2D eigenvalue weighted by Gasteiger charge is -2.01. The van der Waals surface area contributed by atoms with Gasteiger partial charge < -0.3 is 4.42 Å². The molecule has 0 aliphatic heterocycles. The third kappa shape index (κ3) is 2.76. The molecule has 0 radical (unpaired) electrons. The molecule has 2 nitrogen and oxygen atoms in total. The average molecular weight is 318 g/mol. The van der Waals surface area contributed by atoms with Gasteiger partial charge in [0.05, 0.1) is 16.8 Å². The SMILES string of the molecule is O=C(Cc1ccc(Cl)c(F)c1)c1ccoc1Br. The smallest absolute Gasteiger partial charge is 0.179 e. The maximum absolute atomic E-state index is 13.2. The van der Waals surface area contributed by atoms with Crippen molar-refractivity contribution < 1.29 is 13.6 Å². The first-order valence-corrected chi connectivity index (χ1v) is 5.95. The Bertz CT molecular complexity index is 565. The molecule has 0 atom stereocenters. The van der Waals surface area contributed by atoms with Gasteiger partial charge in [-0.15, -0.1) is 0 Å². The Balaban J connectivity index is 2.19. The quantitative estimate of drug-likeness (QED) is 0.792. The molecule has 0 unspecified atom stereocenters. The molecule has 5 heteroatoms. The molecule has 2 rings (SSSR count). The molecular formula is C12H7BrClFO2. The summed E-state index contributed by atoms with van der Waals surface area (Å²) >= 11 is 8.68. The second-order valence-corrected chi connectivity index (χ2v) is 4.58. The highest BCUT2D eigenvalue weighted by molar-refractivity contribution is 9.10. The monoisotopic (exact) mass is 316 g/mol. The van der Waals surface area contributed by atoms with Gasteiger partial charge in [0.25, 0.3) is 0 Å². The van der Waals surface area contributed by atoms with E-state index in [0.29, 0.717) is 15.8 Å². The van der Waals surface area contributed by atoms with E-state index in [1.807, 2.05) is 0 Å². The number of carbonyl (C=O) groups is 1. The topological polar surface area (TPSA) is 30.2 Å². The number of carbonyl (C=O) groups excluding carboxylic acids is 1. The van der Waals surface area contributed by atoms with Crippen LogP contribution >= 0.6 is 27.5 Å². The molecule has 1 aromatic carbocycles. The van der Waals surface area contributed by atoms with Crippen molar-refractivity contribution in [3.05, 3.63) is 57.2 Å². The number of hydrogen-bond donors (Lipinski definition) is 0. The van der Waals surface area contributed by atoms with Crippen molar-refractivity contribution in [2.45, 2.75) is 6.42 Å². The number of halogens is 3. The molecule has 0 N–H and O–H groups in total. The Morgan fingerprint density at radius 1 is 1.41 bits per heavy atom. The fourth-order valence-electron chi connectivity index (χ4n) is 1.42. The Morgan fingerprint density at radius 2 is 2.18 bits per heavy atom. The lowest BCUT2D eigenvalue weighted by Crippen LogP contribution is -2.03. The summed E-state index contributed by atoms with van der Waals surface area (Å²) < 4.78 is 18.5. The summed E-state index contributed by atoms with van der Waals surface area (Å²) in [6.45, 7) is 0. The Labute approximate surface area is 111 Å². The largest absolute Gasteiger partial charge is 0.457 e. The fraction of sp³-hybridized carbons (Fsp3) is 0.0833. The zero-order valence-corrected chi connectivity index (χ0v) is 10.9. The van der Waals surface area contributed by atoms with Gasteiger partial charge >= 0.3 is 0 Å². The highest BCUT2D eigenvalue weighted by atomic mass is 79.9. The number of ketones is 1. The maximum Gasteiger partial charge on any atom is 0.179 e. The van der Waals surface area contributed by atoms with E-state index in [2.05, 4.69) is 15.9 Å². The molecule has 0 saturated carbocycles. The minimum Gasteiger partial charge on any atom is -0.457 e. The first-order valence-electron chi connectivity index (χ1n) is 4.78. The van der Waals surface area contributed by atoms with E-state index >= 15 is 0 Å². The predicted octanol–water partition coefficient (Wildman–Crippen LogP) is 4.26. The fourth-order valence-corrected chi connectivity index (χ4v) is 2.00. The van der Waals surface area contributed by atoms with Crippen molar-refractivity contribution in [1.82, 2.24) is 0 Å². The Hall–Kier alpha value is -1.13. The van der Waals surface area contributed by atoms with Crippen molar-refractivity contribution in [2.75, 3.05) is 0 Å². The number of rotatable bonds is 3. The van der Waals surface area contributed by atoms with Gasteiger partial charge in [-0.05, 0) is 39.7 Å². The second kappa shape index (κ2) is 5.02. The van der Waals surface area contributed by atoms with Crippen LogP contribution in [0, 0.1) is 5.82 Å². The Kier molecular flexibility index (Phi) is 3.64. The molecule has 1 aromatic heterocycles. The van der Waals surface area contributed by atoms with E-state index in [9.17, 15) is 9.18 Å². The number of Topliss-reactive ketones (excluding diaryl/α,β-unsaturated/α-hetero) is 1. The van der Waals surface area contributed by atoms with Gasteiger partial charge in [0.15, 0.2) is 10.5 Å². The van der Waals surface area contributed by atoms with Crippen LogP contribution in [0.2, 0.25) is 5.02 Å². The summed E-state index contributed by atoms with van der Waals surface area (Å²) in [7, 11) is 0. The second-order valence-electron chi connectivity index (χ2n) is 3.46. The molecule has 17 heavy (non-hydrogen) atoms. The van der Waals surface area contributed by atoms with Crippen LogP contribution in [0.25, 0.3) is 0 Å². The summed E-state index contributed by atoms with van der Waals surface area (Å²) in [6, 6.07) is 5.88. The normalized spacial score (nSPS) is 10.5. The standard InChI is InChI=1S/C12H7BrClFO2/c13-12-8(3-4-17-12)11(16)6-7-1-2-9(14)10(15)5-7/h1-5H,6H2. The summed E-state index contributed by atoms with van der Waals surface area (Å²) in [4.78, 5) is 11.8. The first-order chi connectivity index (χ1) is 8.08. The highest BCUT2D eigenvalue weighted by Gasteiger charge is 2.13. The molecule has 0 saturated heterocycles. The number of hydrogen-bond acceptors (Lipinski definition) is 2. The zero-order chi connectivity index (χ0) is 12.4. The molecule has 0 fully saturated rings. The summed E-state index contributed by atoms with van der Waals surface area (Å²) in [5, 5.41) is 0.0469. The number of benzene rings is 1. The summed E-state index contributed by atoms with van der Waals surface area (Å²) in [6.07, 6.45) is 1.52. The lowest BCUT2D eigenvalue weighted by molar-refractivity contribution is 0.0991. The van der Waals surface area contributed by atoms with Crippen LogP contribution in [-0.4, -0.2) is 5.78 Å². The Morgan fingerprint density at radius 3 is 2.76 bits per heavy atom. The van der Waals surface area contributed by atoms with Crippen LogP contribution in [0.1, 0.15) is 15.9 Å². The molecular weight excluding hydrogens is 310 g/mol. The number of furan rings is 1. The average Bonchev–Trinajstić information content (AvgIpc) is 2.70. The van der Waals surface area contributed by atoms with Gasteiger partial charge in [0.1, 0.15) is 5.82 Å². The van der Waals surface area contributed by atoms with Gasteiger partial charge in [0, 0.05) is 6.42 Å². The van der Waals surface area contributed by atoms with Crippen LogP contribution in [0.4, 0.5) is 4.39 Å².